The van der Waals surface area contributed by atoms with Gasteiger partial charge < -0.3 is 0 Å². The van der Waals surface area contributed by atoms with E-state index in [0.717, 1.165) is 18.3 Å². The molecule has 0 spiro atoms. The highest BCUT2D eigenvalue weighted by atomic mass is 14.6. The van der Waals surface area contributed by atoms with Crippen LogP contribution in [0.3, 0.4) is 0 Å². The van der Waals surface area contributed by atoms with Crippen LogP contribution in [0.2, 0.25) is 0 Å². The van der Waals surface area contributed by atoms with Crippen LogP contribution in [-0.4, -0.2) is 0 Å². The summed E-state index contributed by atoms with van der Waals surface area (Å²) in [6.45, 7) is 12.3. The van der Waals surface area contributed by atoms with E-state index in [-0.39, 0.29) is 0 Å². The summed E-state index contributed by atoms with van der Waals surface area (Å²) < 4.78 is 0. The molecule has 1 fully saturated rings. The molecule has 0 nitrogen and oxygen atoms in total. The quantitative estimate of drug-likeness (QED) is 0.626. The Morgan fingerprint density at radius 3 is 2.58 bits per heavy atom. The fourth-order valence-corrected chi connectivity index (χ4v) is 5.51. The maximum absolute atomic E-state index is 2.54. The third-order valence-electron chi connectivity index (χ3n) is 6.18. The van der Waals surface area contributed by atoms with Crippen LogP contribution >= 0.6 is 0 Å². The lowest BCUT2D eigenvalue weighted by molar-refractivity contribution is 0.0542. The maximum atomic E-state index is 2.54. The van der Waals surface area contributed by atoms with Gasteiger partial charge >= 0.3 is 0 Å². The van der Waals surface area contributed by atoms with Crippen molar-refractivity contribution >= 4 is 0 Å². The smallest absolute Gasteiger partial charge is 0.00333 e. The normalized spacial score (nSPS) is 35.8. The second kappa shape index (κ2) is 4.11. The van der Waals surface area contributed by atoms with Gasteiger partial charge in [0.15, 0.2) is 0 Å². The molecule has 104 valence electrons. The topological polar surface area (TPSA) is 0 Å². The molecule has 0 bridgehead atoms. The van der Waals surface area contributed by atoms with Gasteiger partial charge in [0.05, 0.1) is 0 Å². The Kier molecular flexibility index (Phi) is 2.86. The monoisotopic (exact) mass is 256 g/mol. The highest BCUT2D eigenvalue weighted by Gasteiger charge is 2.54. The summed E-state index contributed by atoms with van der Waals surface area (Å²) in [5.74, 6) is 1.54. The maximum Gasteiger partial charge on any atom is -0.00333 e. The van der Waals surface area contributed by atoms with Gasteiger partial charge in [0.25, 0.3) is 0 Å². The molecule has 0 aromatic heterocycles. The molecular weight excluding hydrogens is 228 g/mol. The molecule has 3 rings (SSSR count). The van der Waals surface area contributed by atoms with Crippen LogP contribution in [0.5, 0.6) is 0 Å². The Morgan fingerprint density at radius 1 is 1.16 bits per heavy atom. The average Bonchev–Trinajstić information content (AvgIpc) is 2.58. The molecule has 0 aliphatic heterocycles. The van der Waals surface area contributed by atoms with Gasteiger partial charge in [-0.2, -0.15) is 0 Å². The van der Waals surface area contributed by atoms with Gasteiger partial charge in [-0.15, -0.1) is 0 Å². The molecule has 1 saturated carbocycles. The lowest BCUT2D eigenvalue weighted by Gasteiger charge is -2.49. The van der Waals surface area contributed by atoms with E-state index in [1.807, 2.05) is 0 Å². The molecule has 0 N–H and O–H groups in total. The number of hydrogen-bond acceptors (Lipinski definition) is 0. The average molecular weight is 256 g/mol. The molecule has 19 heavy (non-hydrogen) atoms. The summed E-state index contributed by atoms with van der Waals surface area (Å²) in [7, 11) is 0. The van der Waals surface area contributed by atoms with E-state index in [1.54, 1.807) is 11.1 Å². The molecular formula is C19H28. The SMILES string of the molecule is CCc1ccc2c(c1)[C@]1(C)CCCC(C)(C)[C@@H]1[C@@H]2C. The summed E-state index contributed by atoms with van der Waals surface area (Å²) in [5.41, 5.74) is 5.73. The van der Waals surface area contributed by atoms with E-state index in [1.165, 1.54) is 24.8 Å². The van der Waals surface area contributed by atoms with Crippen molar-refractivity contribution in [2.24, 2.45) is 11.3 Å². The summed E-state index contributed by atoms with van der Waals surface area (Å²) in [6.07, 6.45) is 5.33. The molecule has 2 aliphatic rings. The van der Waals surface area contributed by atoms with Crippen molar-refractivity contribution in [1.82, 2.24) is 0 Å². The zero-order valence-corrected chi connectivity index (χ0v) is 13.2. The van der Waals surface area contributed by atoms with E-state index in [2.05, 4.69) is 52.8 Å². The van der Waals surface area contributed by atoms with Gasteiger partial charge in [-0.3, -0.25) is 0 Å². The summed E-state index contributed by atoms with van der Waals surface area (Å²) in [5, 5.41) is 0. The predicted molar refractivity (Wildman–Crippen MR) is 82.7 cm³/mol. The molecule has 0 heteroatoms. The summed E-state index contributed by atoms with van der Waals surface area (Å²) >= 11 is 0. The third-order valence-corrected chi connectivity index (χ3v) is 6.18. The van der Waals surface area contributed by atoms with Crippen LogP contribution in [0.1, 0.15) is 76.5 Å². The number of rotatable bonds is 1. The Hall–Kier alpha value is -0.780. The zero-order valence-electron chi connectivity index (χ0n) is 13.2. The molecule has 0 heterocycles. The van der Waals surface area contributed by atoms with E-state index >= 15 is 0 Å². The minimum Gasteiger partial charge on any atom is -0.0613 e. The van der Waals surface area contributed by atoms with Crippen LogP contribution in [0.25, 0.3) is 0 Å². The highest BCUT2D eigenvalue weighted by Crippen LogP contribution is 2.63. The van der Waals surface area contributed by atoms with Crippen molar-refractivity contribution in [2.75, 3.05) is 0 Å². The highest BCUT2D eigenvalue weighted by molar-refractivity contribution is 5.47. The number of hydrogen-bond donors (Lipinski definition) is 0. The number of fused-ring (bicyclic) bond motifs is 3. The van der Waals surface area contributed by atoms with Gasteiger partial charge in [-0.1, -0.05) is 59.2 Å². The molecule has 1 aromatic carbocycles. The minimum atomic E-state index is 0.418. The van der Waals surface area contributed by atoms with Crippen molar-refractivity contribution in [3.63, 3.8) is 0 Å². The molecule has 0 saturated heterocycles. The third kappa shape index (κ3) is 1.72. The Labute approximate surface area is 118 Å². The van der Waals surface area contributed by atoms with E-state index in [9.17, 15) is 0 Å². The molecule has 1 aromatic rings. The van der Waals surface area contributed by atoms with E-state index in [0.29, 0.717) is 10.8 Å². The lowest BCUT2D eigenvalue weighted by Crippen LogP contribution is -2.43. The first-order valence-corrected chi connectivity index (χ1v) is 8.03. The van der Waals surface area contributed by atoms with E-state index in [4.69, 9.17) is 0 Å². The molecule has 3 atom stereocenters. The fraction of sp³-hybridized carbons (Fsp3) is 0.684. The van der Waals surface area contributed by atoms with Crippen LogP contribution in [0.15, 0.2) is 18.2 Å². The molecule has 0 radical (unpaired) electrons. The van der Waals surface area contributed by atoms with Crippen molar-refractivity contribution in [3.05, 3.63) is 34.9 Å². The first-order valence-electron chi connectivity index (χ1n) is 8.03. The van der Waals surface area contributed by atoms with Crippen LogP contribution in [0, 0.1) is 11.3 Å². The van der Waals surface area contributed by atoms with Gasteiger partial charge in [-0.25, -0.2) is 0 Å². The first-order chi connectivity index (χ1) is 8.90. The van der Waals surface area contributed by atoms with Gasteiger partial charge in [0, 0.05) is 0 Å². The van der Waals surface area contributed by atoms with Crippen molar-refractivity contribution in [2.45, 2.75) is 71.6 Å². The van der Waals surface area contributed by atoms with Crippen molar-refractivity contribution in [3.8, 4) is 0 Å². The Bertz CT molecular complexity index is 497. The number of benzene rings is 1. The second-order valence-corrected chi connectivity index (χ2v) is 7.80. The van der Waals surface area contributed by atoms with Gasteiger partial charge in [-0.05, 0) is 58.6 Å². The first kappa shape index (κ1) is 13.2. The summed E-state index contributed by atoms with van der Waals surface area (Å²) in [4.78, 5) is 0. The molecule has 2 aliphatic carbocycles. The fourth-order valence-electron chi connectivity index (χ4n) is 5.51. The Morgan fingerprint density at radius 2 is 1.89 bits per heavy atom. The summed E-state index contributed by atoms with van der Waals surface area (Å²) in [6, 6.07) is 7.30. The molecule has 0 amide bonds. The zero-order chi connectivity index (χ0) is 13.8. The minimum absolute atomic E-state index is 0.418. The molecule has 0 unspecified atom stereocenters. The number of aryl methyl sites for hydroxylation is 1. The van der Waals surface area contributed by atoms with E-state index < -0.39 is 0 Å². The lowest BCUT2D eigenvalue weighted by atomic mass is 9.55. The largest absolute Gasteiger partial charge is 0.0613 e. The van der Waals surface area contributed by atoms with Crippen molar-refractivity contribution in [1.29, 1.82) is 0 Å². The standard InChI is InChI=1S/C19H28/c1-6-14-8-9-15-13(2)17-18(3,4)10-7-11-19(17,5)16(15)12-14/h8-9,12-13,17H,6-7,10-11H2,1-5H3/t13-,17+,19+/m1/s1. The second-order valence-electron chi connectivity index (χ2n) is 7.80. The van der Waals surface area contributed by atoms with Crippen LogP contribution in [-0.2, 0) is 11.8 Å². The van der Waals surface area contributed by atoms with Crippen molar-refractivity contribution < 1.29 is 0 Å². The Balaban J connectivity index is 2.16. The van der Waals surface area contributed by atoms with Gasteiger partial charge in [0.1, 0.15) is 0 Å². The van der Waals surface area contributed by atoms with Gasteiger partial charge in [0.2, 0.25) is 0 Å². The predicted octanol–water partition coefficient (Wildman–Crippen LogP) is 5.45. The van der Waals surface area contributed by atoms with Crippen LogP contribution in [0.4, 0.5) is 0 Å². The van der Waals surface area contributed by atoms with Crippen LogP contribution < -0.4 is 0 Å².